The lowest BCUT2D eigenvalue weighted by Gasteiger charge is -1.96. The van der Waals surface area contributed by atoms with Gasteiger partial charge in [0.25, 0.3) is 5.91 Å². The number of nitrogens with zero attached hydrogens (tertiary/aromatic N) is 2. The van der Waals surface area contributed by atoms with Crippen LogP contribution in [0, 0.1) is 0 Å². The van der Waals surface area contributed by atoms with Gasteiger partial charge in [0.1, 0.15) is 12.6 Å². The van der Waals surface area contributed by atoms with E-state index in [1.54, 1.807) is 18.3 Å². The van der Waals surface area contributed by atoms with Crippen LogP contribution in [-0.2, 0) is 7.05 Å². The molecule has 78 valence electrons. The van der Waals surface area contributed by atoms with Crippen LogP contribution < -0.4 is 9.99 Å². The number of allylic oxidation sites excluding steroid dienone is 2. The molecule has 1 aromatic heterocycles. The second-order valence-electron chi connectivity index (χ2n) is 3.00. The highest BCUT2D eigenvalue weighted by Gasteiger charge is 2.06. The van der Waals surface area contributed by atoms with Gasteiger partial charge in [-0.25, -0.2) is 9.99 Å². The van der Waals surface area contributed by atoms with E-state index >= 15 is 0 Å². The molecule has 1 aromatic rings. The number of hydrazone groups is 1. The average molecular weight is 204 g/mol. The van der Waals surface area contributed by atoms with E-state index in [1.165, 1.54) is 6.21 Å². The Morgan fingerprint density at radius 2 is 2.40 bits per heavy atom. The number of nitrogens with one attached hydrogen (secondary N) is 1. The van der Waals surface area contributed by atoms with Gasteiger partial charge in [-0.3, -0.25) is 4.79 Å². The lowest BCUT2D eigenvalue weighted by atomic mass is 10.3. The Hall–Kier alpha value is -1.97. The molecule has 1 rings (SSSR count). The summed E-state index contributed by atoms with van der Waals surface area (Å²) in [7, 11) is 1.86. The molecule has 1 amide bonds. The average Bonchev–Trinajstić information content (AvgIpc) is 2.24. The number of hydrogen-bond acceptors (Lipinski definition) is 2. The zero-order valence-corrected chi connectivity index (χ0v) is 8.84. The van der Waals surface area contributed by atoms with Gasteiger partial charge in [0.15, 0.2) is 12.4 Å². The summed E-state index contributed by atoms with van der Waals surface area (Å²) in [6.45, 7) is 1.88. The van der Waals surface area contributed by atoms with Crippen LogP contribution in [0.15, 0.2) is 41.8 Å². The maximum absolute atomic E-state index is 11.5. The first kappa shape index (κ1) is 11.1. The van der Waals surface area contributed by atoms with Crippen molar-refractivity contribution in [3.8, 4) is 0 Å². The van der Waals surface area contributed by atoms with E-state index in [2.05, 4.69) is 10.5 Å². The zero-order valence-electron chi connectivity index (χ0n) is 8.84. The predicted octanol–water partition coefficient (Wildman–Crippen LogP) is 0.803. The van der Waals surface area contributed by atoms with Crippen LogP contribution in [0.1, 0.15) is 17.3 Å². The van der Waals surface area contributed by atoms with Crippen molar-refractivity contribution in [1.82, 2.24) is 5.43 Å². The lowest BCUT2D eigenvalue weighted by molar-refractivity contribution is -0.671. The first-order valence-corrected chi connectivity index (χ1v) is 4.64. The van der Waals surface area contributed by atoms with Crippen molar-refractivity contribution in [2.75, 3.05) is 0 Å². The molecule has 1 heterocycles. The number of pyridine rings is 1. The Bertz CT molecular complexity index is 397. The van der Waals surface area contributed by atoms with E-state index in [9.17, 15) is 4.79 Å². The summed E-state index contributed by atoms with van der Waals surface area (Å²) in [6, 6.07) is 3.55. The Kier molecular flexibility index (Phi) is 4.22. The van der Waals surface area contributed by atoms with Crippen molar-refractivity contribution in [2.24, 2.45) is 12.1 Å². The van der Waals surface area contributed by atoms with Gasteiger partial charge in [0.2, 0.25) is 0 Å². The van der Waals surface area contributed by atoms with Crippen LogP contribution in [-0.4, -0.2) is 12.1 Å². The minimum Gasteiger partial charge on any atom is -0.267 e. The Labute approximate surface area is 88.9 Å². The summed E-state index contributed by atoms with van der Waals surface area (Å²) in [6.07, 6.45) is 8.70. The number of amides is 1. The summed E-state index contributed by atoms with van der Waals surface area (Å²) in [4.78, 5) is 11.5. The number of rotatable bonds is 3. The smallest absolute Gasteiger partial charge is 0.267 e. The van der Waals surface area contributed by atoms with Crippen LogP contribution in [0.3, 0.4) is 0 Å². The maximum atomic E-state index is 11.5. The van der Waals surface area contributed by atoms with Crippen molar-refractivity contribution in [3.05, 3.63) is 42.2 Å². The third-order valence-corrected chi connectivity index (χ3v) is 1.72. The fourth-order valence-electron chi connectivity index (χ4n) is 1.01. The van der Waals surface area contributed by atoms with Gasteiger partial charge in [-0.05, 0) is 19.1 Å². The van der Waals surface area contributed by atoms with Crippen molar-refractivity contribution >= 4 is 12.1 Å². The number of aryl methyl sites for hydroxylation is 1. The summed E-state index contributed by atoms with van der Waals surface area (Å²) in [5.41, 5.74) is 3.01. The molecule has 0 aliphatic rings. The highest BCUT2D eigenvalue weighted by atomic mass is 16.2. The molecule has 0 spiro atoms. The van der Waals surface area contributed by atoms with Crippen LogP contribution in [0.5, 0.6) is 0 Å². The molecular formula is C11H14N3O+. The van der Waals surface area contributed by atoms with Gasteiger partial charge in [-0.1, -0.05) is 6.08 Å². The van der Waals surface area contributed by atoms with Crippen LogP contribution in [0.2, 0.25) is 0 Å². The normalized spacial score (nSPS) is 11.1. The molecule has 0 aliphatic carbocycles. The first-order valence-electron chi connectivity index (χ1n) is 4.64. The standard InChI is InChI=1S/C11H13N3O/c1-3-4-7-12-13-11(15)10-6-5-8-14(2)9-10/h3-9H,1-2H3/p+1/b4-3+,12-7+. The fourth-order valence-corrected chi connectivity index (χ4v) is 1.01. The number of carbonyl (C=O) groups excluding carboxylic acids is 1. The molecule has 0 aromatic carbocycles. The molecule has 0 bridgehead atoms. The summed E-state index contributed by atoms with van der Waals surface area (Å²) in [5, 5.41) is 3.75. The highest BCUT2D eigenvalue weighted by Crippen LogP contribution is 1.92. The van der Waals surface area contributed by atoms with E-state index in [0.717, 1.165) is 0 Å². The number of hydrogen-bond donors (Lipinski definition) is 1. The third kappa shape index (κ3) is 3.72. The second kappa shape index (κ2) is 5.70. The van der Waals surface area contributed by atoms with E-state index in [1.807, 2.05) is 36.9 Å². The van der Waals surface area contributed by atoms with E-state index in [4.69, 9.17) is 0 Å². The fraction of sp³-hybridized carbons (Fsp3) is 0.182. The predicted molar refractivity (Wildman–Crippen MR) is 58.4 cm³/mol. The maximum Gasteiger partial charge on any atom is 0.277 e. The molecule has 0 saturated carbocycles. The quantitative estimate of drug-likeness (QED) is 0.442. The van der Waals surface area contributed by atoms with Crippen molar-refractivity contribution in [1.29, 1.82) is 0 Å². The topological polar surface area (TPSA) is 45.3 Å². The number of aromatic nitrogens is 1. The Morgan fingerprint density at radius 1 is 1.60 bits per heavy atom. The SMILES string of the molecule is C/C=C/C=N/NC(=O)c1ccc[n+](C)c1. The van der Waals surface area contributed by atoms with Gasteiger partial charge < -0.3 is 0 Å². The molecule has 1 N–H and O–H groups in total. The van der Waals surface area contributed by atoms with Crippen LogP contribution in [0.25, 0.3) is 0 Å². The van der Waals surface area contributed by atoms with E-state index in [-0.39, 0.29) is 5.91 Å². The highest BCUT2D eigenvalue weighted by molar-refractivity contribution is 5.93. The van der Waals surface area contributed by atoms with Crippen molar-refractivity contribution in [3.63, 3.8) is 0 Å². The number of carbonyl (C=O) groups is 1. The van der Waals surface area contributed by atoms with Gasteiger partial charge >= 0.3 is 0 Å². The molecule has 0 atom stereocenters. The van der Waals surface area contributed by atoms with Crippen molar-refractivity contribution in [2.45, 2.75) is 6.92 Å². The summed E-state index contributed by atoms with van der Waals surface area (Å²) < 4.78 is 1.81. The monoisotopic (exact) mass is 204 g/mol. The largest absolute Gasteiger partial charge is 0.277 e. The van der Waals surface area contributed by atoms with E-state index < -0.39 is 0 Å². The molecule has 4 nitrogen and oxygen atoms in total. The molecule has 4 heteroatoms. The van der Waals surface area contributed by atoms with Gasteiger partial charge in [0.05, 0.1) is 0 Å². The molecule has 15 heavy (non-hydrogen) atoms. The molecule has 0 fully saturated rings. The molecule has 0 saturated heterocycles. The van der Waals surface area contributed by atoms with E-state index in [0.29, 0.717) is 5.56 Å². The van der Waals surface area contributed by atoms with Crippen molar-refractivity contribution < 1.29 is 9.36 Å². The minimum atomic E-state index is -0.216. The van der Waals surface area contributed by atoms with Crippen LogP contribution in [0.4, 0.5) is 0 Å². The molecule has 0 unspecified atom stereocenters. The van der Waals surface area contributed by atoms with Gasteiger partial charge in [0, 0.05) is 12.3 Å². The lowest BCUT2D eigenvalue weighted by Crippen LogP contribution is -2.29. The van der Waals surface area contributed by atoms with Gasteiger partial charge in [-0.15, -0.1) is 0 Å². The Balaban J connectivity index is 2.61. The molecule has 0 radical (unpaired) electrons. The molecule has 0 aliphatic heterocycles. The second-order valence-corrected chi connectivity index (χ2v) is 3.00. The minimum absolute atomic E-state index is 0.216. The Morgan fingerprint density at radius 3 is 3.07 bits per heavy atom. The summed E-state index contributed by atoms with van der Waals surface area (Å²) >= 11 is 0. The summed E-state index contributed by atoms with van der Waals surface area (Å²) in [5.74, 6) is -0.216. The first-order chi connectivity index (χ1) is 7.24. The molecular weight excluding hydrogens is 190 g/mol. The third-order valence-electron chi connectivity index (χ3n) is 1.72. The zero-order chi connectivity index (χ0) is 11.1. The van der Waals surface area contributed by atoms with Gasteiger partial charge in [-0.2, -0.15) is 5.10 Å². The van der Waals surface area contributed by atoms with Crippen LogP contribution >= 0.6 is 0 Å².